The van der Waals surface area contributed by atoms with E-state index in [2.05, 4.69) is 12.2 Å². The first-order valence-corrected chi connectivity index (χ1v) is 10.5. The summed E-state index contributed by atoms with van der Waals surface area (Å²) in [5.41, 5.74) is 0.426. The van der Waals surface area contributed by atoms with Crippen molar-refractivity contribution in [1.29, 1.82) is 0 Å². The summed E-state index contributed by atoms with van der Waals surface area (Å²) in [6.07, 6.45) is 13.6. The summed E-state index contributed by atoms with van der Waals surface area (Å²) >= 11 is 0. The van der Waals surface area contributed by atoms with Gasteiger partial charge in [-0.05, 0) is 32.4 Å². The summed E-state index contributed by atoms with van der Waals surface area (Å²) in [4.78, 5) is 12.0. The van der Waals surface area contributed by atoms with E-state index in [0.717, 1.165) is 13.1 Å². The number of Topliss-reactive ketones (excluding diaryl/α,β-unsaturated/α-hetero) is 1. The van der Waals surface area contributed by atoms with Crippen LogP contribution < -0.4 is 5.32 Å². The Morgan fingerprint density at radius 2 is 1.38 bits per heavy atom. The van der Waals surface area contributed by atoms with E-state index in [1.54, 1.807) is 12.1 Å². The lowest BCUT2D eigenvalue weighted by molar-refractivity contribution is 0.0488. The number of ketones is 1. The molecule has 0 radical (unpaired) electrons. The molecule has 2 N–H and O–H groups in total. The Bertz CT molecular complexity index is 488. The van der Waals surface area contributed by atoms with Crippen molar-refractivity contribution in [2.75, 3.05) is 6.54 Å². The molecule has 0 aliphatic heterocycles. The van der Waals surface area contributed by atoms with Gasteiger partial charge in [0.1, 0.15) is 5.60 Å². The van der Waals surface area contributed by atoms with Crippen LogP contribution in [0.15, 0.2) is 24.3 Å². The topological polar surface area (TPSA) is 49.3 Å². The molecular weight excluding hydrogens is 322 g/mol. The predicted octanol–water partition coefficient (Wildman–Crippen LogP) is 5.65. The lowest BCUT2D eigenvalue weighted by Crippen LogP contribution is -2.31. The molecule has 3 heteroatoms. The quantitative estimate of drug-likeness (QED) is 0.313. The summed E-state index contributed by atoms with van der Waals surface area (Å²) in [6.45, 7) is 7.19. The van der Waals surface area contributed by atoms with Crippen molar-refractivity contribution < 1.29 is 9.90 Å². The van der Waals surface area contributed by atoms with Gasteiger partial charge < -0.3 is 10.4 Å². The van der Waals surface area contributed by atoms with Crippen LogP contribution in [-0.4, -0.2) is 23.0 Å². The van der Waals surface area contributed by atoms with Gasteiger partial charge in [-0.15, -0.1) is 0 Å². The summed E-state index contributed by atoms with van der Waals surface area (Å²) in [5.74, 6) is -0.234. The molecule has 0 unspecified atom stereocenters. The van der Waals surface area contributed by atoms with Crippen LogP contribution in [0.4, 0.5) is 0 Å². The zero-order valence-corrected chi connectivity index (χ0v) is 17.2. The summed E-state index contributed by atoms with van der Waals surface area (Å²) < 4.78 is 0. The first-order valence-electron chi connectivity index (χ1n) is 10.5. The number of carbonyl (C=O) groups excluding carboxylic acids is 1. The van der Waals surface area contributed by atoms with Gasteiger partial charge in [0.05, 0.1) is 0 Å². The third-order valence-electron chi connectivity index (χ3n) is 4.81. The van der Waals surface area contributed by atoms with E-state index < -0.39 is 5.60 Å². The standard InChI is InChI=1S/C23H39NO2/c1-4-5-6-7-8-9-10-11-12-13-18-24-19-20-14-16-21(17-15-20)22(25)23(2,3)26/h14-17,24,26H,4-13,18-19H2,1-3H3. The van der Waals surface area contributed by atoms with Crippen LogP contribution in [0.5, 0.6) is 0 Å². The summed E-state index contributed by atoms with van der Waals surface area (Å²) in [6, 6.07) is 7.53. The second-order valence-electron chi connectivity index (χ2n) is 7.94. The number of hydrogen-bond acceptors (Lipinski definition) is 3. The van der Waals surface area contributed by atoms with Gasteiger partial charge >= 0.3 is 0 Å². The first-order chi connectivity index (χ1) is 12.4. The zero-order chi connectivity index (χ0) is 19.3. The molecule has 0 aliphatic rings. The molecule has 0 atom stereocenters. The van der Waals surface area contributed by atoms with E-state index in [4.69, 9.17) is 0 Å². The fourth-order valence-electron chi connectivity index (χ4n) is 3.10. The Labute approximate surface area is 160 Å². The van der Waals surface area contributed by atoms with Crippen molar-refractivity contribution in [2.24, 2.45) is 0 Å². The van der Waals surface area contributed by atoms with Gasteiger partial charge in [-0.1, -0.05) is 89.0 Å². The molecule has 0 saturated heterocycles. The molecule has 0 heterocycles. The molecule has 0 bridgehead atoms. The molecule has 0 amide bonds. The van der Waals surface area contributed by atoms with Crippen molar-refractivity contribution in [2.45, 2.75) is 97.1 Å². The van der Waals surface area contributed by atoms with E-state index in [9.17, 15) is 9.90 Å². The van der Waals surface area contributed by atoms with E-state index >= 15 is 0 Å². The van der Waals surface area contributed by atoms with E-state index in [-0.39, 0.29) is 5.78 Å². The van der Waals surface area contributed by atoms with Crippen LogP contribution in [0.3, 0.4) is 0 Å². The molecule has 0 aromatic heterocycles. The van der Waals surface area contributed by atoms with Crippen LogP contribution in [0.25, 0.3) is 0 Å². The van der Waals surface area contributed by atoms with Gasteiger partial charge in [0, 0.05) is 12.1 Å². The fourth-order valence-corrected chi connectivity index (χ4v) is 3.10. The van der Waals surface area contributed by atoms with Crippen LogP contribution in [0.1, 0.15) is 101 Å². The number of unbranched alkanes of at least 4 members (excludes halogenated alkanes) is 9. The van der Waals surface area contributed by atoms with Gasteiger partial charge in [0.2, 0.25) is 0 Å². The average Bonchev–Trinajstić information content (AvgIpc) is 2.62. The van der Waals surface area contributed by atoms with E-state index in [0.29, 0.717) is 5.56 Å². The van der Waals surface area contributed by atoms with E-state index in [1.165, 1.54) is 83.6 Å². The normalized spacial score (nSPS) is 11.7. The van der Waals surface area contributed by atoms with Gasteiger partial charge in [-0.2, -0.15) is 0 Å². The van der Waals surface area contributed by atoms with Crippen LogP contribution >= 0.6 is 0 Å². The molecule has 1 aromatic rings. The van der Waals surface area contributed by atoms with Crippen molar-refractivity contribution in [1.82, 2.24) is 5.32 Å². The highest BCUT2D eigenvalue weighted by Gasteiger charge is 2.24. The minimum absolute atomic E-state index is 0.234. The van der Waals surface area contributed by atoms with Gasteiger partial charge in [-0.25, -0.2) is 0 Å². The Hall–Kier alpha value is -1.19. The maximum atomic E-state index is 12.0. The Balaban J connectivity index is 2.04. The number of rotatable bonds is 15. The molecule has 0 spiro atoms. The number of carbonyl (C=O) groups is 1. The highest BCUT2D eigenvalue weighted by Crippen LogP contribution is 2.14. The zero-order valence-electron chi connectivity index (χ0n) is 17.2. The first kappa shape index (κ1) is 22.9. The maximum Gasteiger partial charge on any atom is 0.193 e. The molecule has 26 heavy (non-hydrogen) atoms. The number of nitrogens with one attached hydrogen (secondary N) is 1. The van der Waals surface area contributed by atoms with Gasteiger partial charge in [-0.3, -0.25) is 4.79 Å². The SMILES string of the molecule is CCCCCCCCCCCCNCc1ccc(C(=O)C(C)(C)O)cc1. The van der Waals surface area contributed by atoms with Crippen molar-refractivity contribution in [3.05, 3.63) is 35.4 Å². The van der Waals surface area contributed by atoms with Crippen molar-refractivity contribution in [3.63, 3.8) is 0 Å². The summed E-state index contributed by atoms with van der Waals surface area (Å²) in [7, 11) is 0. The average molecular weight is 362 g/mol. The fraction of sp³-hybridized carbons (Fsp3) is 0.696. The van der Waals surface area contributed by atoms with Crippen molar-refractivity contribution in [3.8, 4) is 0 Å². The maximum absolute atomic E-state index is 12.0. The van der Waals surface area contributed by atoms with Crippen molar-refractivity contribution >= 4 is 5.78 Å². The molecule has 3 nitrogen and oxygen atoms in total. The lowest BCUT2D eigenvalue weighted by atomic mass is 9.96. The molecule has 1 aromatic carbocycles. The second kappa shape index (κ2) is 13.1. The van der Waals surface area contributed by atoms with Crippen LogP contribution in [-0.2, 0) is 6.54 Å². The molecule has 0 aliphatic carbocycles. The minimum Gasteiger partial charge on any atom is -0.382 e. The number of benzene rings is 1. The minimum atomic E-state index is -1.31. The van der Waals surface area contributed by atoms with Gasteiger partial charge in [0.15, 0.2) is 5.78 Å². The van der Waals surface area contributed by atoms with Gasteiger partial charge in [0.25, 0.3) is 0 Å². The Morgan fingerprint density at radius 1 is 0.885 bits per heavy atom. The highest BCUT2D eigenvalue weighted by molar-refractivity contribution is 6.01. The van der Waals surface area contributed by atoms with E-state index in [1.807, 2.05) is 12.1 Å². The lowest BCUT2D eigenvalue weighted by Gasteiger charge is -2.15. The molecule has 148 valence electrons. The van der Waals surface area contributed by atoms with Crippen LogP contribution in [0.2, 0.25) is 0 Å². The molecule has 1 rings (SSSR count). The highest BCUT2D eigenvalue weighted by atomic mass is 16.3. The monoisotopic (exact) mass is 361 g/mol. The largest absolute Gasteiger partial charge is 0.382 e. The number of hydrogen-bond donors (Lipinski definition) is 2. The Morgan fingerprint density at radius 3 is 1.88 bits per heavy atom. The van der Waals surface area contributed by atoms with Crippen LogP contribution in [0, 0.1) is 0 Å². The third kappa shape index (κ3) is 10.1. The number of aliphatic hydroxyl groups is 1. The molecular formula is C23H39NO2. The molecule has 0 saturated carbocycles. The second-order valence-corrected chi connectivity index (χ2v) is 7.94. The summed E-state index contributed by atoms with van der Waals surface area (Å²) in [5, 5.41) is 13.2. The smallest absolute Gasteiger partial charge is 0.193 e. The Kier molecular flexibility index (Phi) is 11.5. The predicted molar refractivity (Wildman–Crippen MR) is 111 cm³/mol. The molecule has 0 fully saturated rings. The third-order valence-corrected chi connectivity index (χ3v) is 4.81.